The second kappa shape index (κ2) is 4.85. The second-order valence-corrected chi connectivity index (χ2v) is 4.70. The molecule has 2 nitrogen and oxygen atoms in total. The van der Waals surface area contributed by atoms with Gasteiger partial charge in [-0.1, -0.05) is 23.7 Å². The first-order valence-electron chi connectivity index (χ1n) is 4.81. The van der Waals surface area contributed by atoms with Crippen molar-refractivity contribution >= 4 is 39.0 Å². The summed E-state index contributed by atoms with van der Waals surface area (Å²) in [5.41, 5.74) is 2.05. The zero-order valence-electron chi connectivity index (χ0n) is 8.67. The van der Waals surface area contributed by atoms with Crippen LogP contribution in [-0.2, 0) is 0 Å². The molecule has 0 unspecified atom stereocenters. The summed E-state index contributed by atoms with van der Waals surface area (Å²) in [6, 6.07) is 11.6. The highest BCUT2D eigenvalue weighted by atomic mass is 79.9. The topological polar surface area (TPSA) is 24.9 Å². The second-order valence-electron chi connectivity index (χ2n) is 3.46. The Hall–Kier alpha value is -1.06. The zero-order chi connectivity index (χ0) is 11.5. The van der Waals surface area contributed by atoms with E-state index in [0.29, 0.717) is 5.15 Å². The molecule has 0 radical (unpaired) electrons. The van der Waals surface area contributed by atoms with E-state index in [0.717, 1.165) is 21.5 Å². The fraction of sp³-hybridized carbons (Fsp3) is 0.0833. The molecule has 82 valence electrons. The molecule has 1 aromatic heterocycles. The van der Waals surface area contributed by atoms with Crippen molar-refractivity contribution in [3.8, 4) is 0 Å². The summed E-state index contributed by atoms with van der Waals surface area (Å²) in [6.07, 6.45) is 0. The van der Waals surface area contributed by atoms with Crippen LogP contribution in [0.1, 0.15) is 5.56 Å². The molecule has 0 aliphatic rings. The molecule has 1 aromatic carbocycles. The van der Waals surface area contributed by atoms with Gasteiger partial charge in [0.1, 0.15) is 11.0 Å². The Morgan fingerprint density at radius 1 is 1.25 bits per heavy atom. The van der Waals surface area contributed by atoms with Crippen molar-refractivity contribution in [3.05, 3.63) is 51.6 Å². The summed E-state index contributed by atoms with van der Waals surface area (Å²) in [5, 5.41) is 3.71. The van der Waals surface area contributed by atoms with Crippen molar-refractivity contribution in [1.82, 2.24) is 4.98 Å². The SMILES string of the molecule is Cc1cc(Cl)nc(Nc2ccccc2Br)c1. The van der Waals surface area contributed by atoms with Gasteiger partial charge in [-0.15, -0.1) is 0 Å². The van der Waals surface area contributed by atoms with Crippen LogP contribution < -0.4 is 5.32 Å². The molecule has 16 heavy (non-hydrogen) atoms. The maximum atomic E-state index is 5.89. The monoisotopic (exact) mass is 296 g/mol. The molecule has 0 bridgehead atoms. The smallest absolute Gasteiger partial charge is 0.132 e. The Morgan fingerprint density at radius 2 is 2.00 bits per heavy atom. The van der Waals surface area contributed by atoms with E-state index in [1.807, 2.05) is 43.3 Å². The van der Waals surface area contributed by atoms with Crippen LogP contribution in [0.2, 0.25) is 5.15 Å². The first-order chi connectivity index (χ1) is 7.65. The van der Waals surface area contributed by atoms with Gasteiger partial charge in [-0.2, -0.15) is 0 Å². The lowest BCUT2D eigenvalue weighted by Gasteiger charge is -2.08. The first-order valence-corrected chi connectivity index (χ1v) is 5.98. The highest BCUT2D eigenvalue weighted by molar-refractivity contribution is 9.10. The lowest BCUT2D eigenvalue weighted by Crippen LogP contribution is -1.95. The van der Waals surface area contributed by atoms with Crippen LogP contribution in [0.5, 0.6) is 0 Å². The van der Waals surface area contributed by atoms with Crippen molar-refractivity contribution in [1.29, 1.82) is 0 Å². The zero-order valence-corrected chi connectivity index (χ0v) is 11.0. The number of aryl methyl sites for hydroxylation is 1. The van der Waals surface area contributed by atoms with E-state index in [1.165, 1.54) is 0 Å². The lowest BCUT2D eigenvalue weighted by molar-refractivity contribution is 1.27. The van der Waals surface area contributed by atoms with Crippen LogP contribution >= 0.6 is 27.5 Å². The van der Waals surface area contributed by atoms with Crippen molar-refractivity contribution in [2.45, 2.75) is 6.92 Å². The van der Waals surface area contributed by atoms with Gasteiger partial charge >= 0.3 is 0 Å². The fourth-order valence-electron chi connectivity index (χ4n) is 1.39. The van der Waals surface area contributed by atoms with Gasteiger partial charge < -0.3 is 5.32 Å². The van der Waals surface area contributed by atoms with Crippen LogP contribution in [0.25, 0.3) is 0 Å². The normalized spacial score (nSPS) is 10.2. The largest absolute Gasteiger partial charge is 0.339 e. The molecular formula is C12H10BrClN2. The van der Waals surface area contributed by atoms with Crippen molar-refractivity contribution in [2.75, 3.05) is 5.32 Å². The maximum Gasteiger partial charge on any atom is 0.132 e. The van der Waals surface area contributed by atoms with Gasteiger partial charge in [0.05, 0.1) is 5.69 Å². The Morgan fingerprint density at radius 3 is 2.69 bits per heavy atom. The predicted molar refractivity (Wildman–Crippen MR) is 71.4 cm³/mol. The van der Waals surface area contributed by atoms with E-state index in [2.05, 4.69) is 26.2 Å². The van der Waals surface area contributed by atoms with E-state index in [1.54, 1.807) is 0 Å². The summed E-state index contributed by atoms with van der Waals surface area (Å²) in [7, 11) is 0. The van der Waals surface area contributed by atoms with Crippen molar-refractivity contribution in [2.24, 2.45) is 0 Å². The molecule has 2 aromatic rings. The highest BCUT2D eigenvalue weighted by Gasteiger charge is 2.01. The predicted octanol–water partition coefficient (Wildman–Crippen LogP) is 4.55. The molecular weight excluding hydrogens is 288 g/mol. The number of pyridine rings is 1. The van der Waals surface area contributed by atoms with Gasteiger partial charge in [0.15, 0.2) is 0 Å². The molecule has 0 aliphatic heterocycles. The number of nitrogens with one attached hydrogen (secondary N) is 1. The molecule has 1 N–H and O–H groups in total. The number of hydrogen-bond acceptors (Lipinski definition) is 2. The van der Waals surface area contributed by atoms with Gasteiger partial charge in [-0.05, 0) is 52.7 Å². The number of nitrogens with zero attached hydrogens (tertiary/aromatic N) is 1. The van der Waals surface area contributed by atoms with Gasteiger partial charge in [0.2, 0.25) is 0 Å². The Kier molecular flexibility index (Phi) is 3.46. The molecule has 4 heteroatoms. The van der Waals surface area contributed by atoms with Crippen LogP contribution in [0, 0.1) is 6.92 Å². The molecule has 2 rings (SSSR count). The molecule has 0 atom stereocenters. The molecule has 0 aliphatic carbocycles. The van der Waals surface area contributed by atoms with E-state index in [9.17, 15) is 0 Å². The van der Waals surface area contributed by atoms with Crippen molar-refractivity contribution in [3.63, 3.8) is 0 Å². The number of anilines is 2. The minimum Gasteiger partial charge on any atom is -0.339 e. The standard InChI is InChI=1S/C12H10BrClN2/c1-8-6-11(14)16-12(7-8)15-10-5-3-2-4-9(10)13/h2-7H,1H3,(H,15,16). The Bertz CT molecular complexity index is 494. The Labute approximate surface area is 108 Å². The third kappa shape index (κ3) is 2.74. The summed E-state index contributed by atoms with van der Waals surface area (Å²) < 4.78 is 0.995. The molecule has 1 heterocycles. The minimum absolute atomic E-state index is 0.495. The van der Waals surface area contributed by atoms with Crippen LogP contribution in [-0.4, -0.2) is 4.98 Å². The number of benzene rings is 1. The average molecular weight is 298 g/mol. The first kappa shape index (κ1) is 11.4. The minimum atomic E-state index is 0.495. The molecule has 0 saturated heterocycles. The molecule has 0 amide bonds. The summed E-state index contributed by atoms with van der Waals surface area (Å²) >= 11 is 9.36. The van der Waals surface area contributed by atoms with Crippen LogP contribution in [0.15, 0.2) is 40.9 Å². The number of rotatable bonds is 2. The lowest BCUT2D eigenvalue weighted by atomic mass is 10.3. The summed E-state index contributed by atoms with van der Waals surface area (Å²) in [6.45, 7) is 1.98. The number of para-hydroxylation sites is 1. The number of halogens is 2. The molecule has 0 fully saturated rings. The van der Waals surface area contributed by atoms with Gasteiger partial charge in [-0.25, -0.2) is 4.98 Å². The highest BCUT2D eigenvalue weighted by Crippen LogP contribution is 2.25. The van der Waals surface area contributed by atoms with Gasteiger partial charge in [0.25, 0.3) is 0 Å². The number of aromatic nitrogens is 1. The fourth-order valence-corrected chi connectivity index (χ4v) is 2.04. The van der Waals surface area contributed by atoms with E-state index in [-0.39, 0.29) is 0 Å². The van der Waals surface area contributed by atoms with Gasteiger partial charge in [0, 0.05) is 4.47 Å². The van der Waals surface area contributed by atoms with E-state index < -0.39 is 0 Å². The van der Waals surface area contributed by atoms with Crippen LogP contribution in [0.3, 0.4) is 0 Å². The maximum absolute atomic E-state index is 5.89. The summed E-state index contributed by atoms with van der Waals surface area (Å²) in [5.74, 6) is 0.747. The van der Waals surface area contributed by atoms with Crippen molar-refractivity contribution < 1.29 is 0 Å². The quantitative estimate of drug-likeness (QED) is 0.823. The van der Waals surface area contributed by atoms with E-state index >= 15 is 0 Å². The summed E-state index contributed by atoms with van der Waals surface area (Å²) in [4.78, 5) is 4.20. The van der Waals surface area contributed by atoms with E-state index in [4.69, 9.17) is 11.6 Å². The third-order valence-corrected chi connectivity index (χ3v) is 2.96. The average Bonchev–Trinajstić information content (AvgIpc) is 2.20. The van der Waals surface area contributed by atoms with Gasteiger partial charge in [-0.3, -0.25) is 0 Å². The third-order valence-electron chi connectivity index (χ3n) is 2.08. The number of hydrogen-bond donors (Lipinski definition) is 1. The molecule has 0 spiro atoms. The molecule has 0 saturated carbocycles. The van der Waals surface area contributed by atoms with Crippen LogP contribution in [0.4, 0.5) is 11.5 Å². The Balaban J connectivity index is 2.30.